The quantitative estimate of drug-likeness (QED) is 0.565. The Morgan fingerprint density at radius 2 is 1.96 bits per heavy atom. The molecule has 0 radical (unpaired) electrons. The van der Waals surface area contributed by atoms with Crippen molar-refractivity contribution in [2.75, 3.05) is 13.1 Å². The predicted octanol–water partition coefficient (Wildman–Crippen LogP) is 3.22. The second-order valence-corrected chi connectivity index (χ2v) is 10.6. The van der Waals surface area contributed by atoms with Gasteiger partial charge in [0.05, 0.1) is 11.3 Å². The van der Waals surface area contributed by atoms with Gasteiger partial charge in [0.2, 0.25) is 0 Å². The molecule has 0 aromatic rings. The van der Waals surface area contributed by atoms with Crippen LogP contribution in [0.3, 0.4) is 0 Å². The van der Waals surface area contributed by atoms with Crippen LogP contribution in [0.1, 0.15) is 65.2 Å². The number of Topliss-reactive ketones (excluding diaryl/α,β-unsaturated/α-hetero) is 1. The van der Waals surface area contributed by atoms with Gasteiger partial charge in [-0.05, 0) is 61.9 Å². The summed E-state index contributed by atoms with van der Waals surface area (Å²) in [6.45, 7) is 10.6. The van der Waals surface area contributed by atoms with E-state index in [0.717, 1.165) is 69.3 Å². The first kappa shape index (κ1) is 18.8. The van der Waals surface area contributed by atoms with Crippen molar-refractivity contribution in [2.45, 2.75) is 76.9 Å². The number of rotatable bonds is 2. The SMILES string of the molecule is C=C1C[C@H]2[C@@H]3CCC(=O)[C@@]3(C)CC[C@@H]2[C@@]2(C)CCC(=NOC3CNC3)C[C@]12O. The van der Waals surface area contributed by atoms with Gasteiger partial charge in [-0.15, -0.1) is 0 Å². The van der Waals surface area contributed by atoms with Gasteiger partial charge in [0.1, 0.15) is 5.78 Å². The van der Waals surface area contributed by atoms with Crippen LogP contribution in [-0.4, -0.2) is 41.4 Å². The first-order chi connectivity index (χ1) is 13.3. The Bertz CT molecular complexity index is 744. The third-order valence-electron chi connectivity index (χ3n) is 9.44. The van der Waals surface area contributed by atoms with E-state index in [1.807, 2.05) is 0 Å². The molecule has 0 bridgehead atoms. The summed E-state index contributed by atoms with van der Waals surface area (Å²) in [6, 6.07) is 0. The number of ketones is 1. The third-order valence-corrected chi connectivity index (χ3v) is 9.44. The molecule has 28 heavy (non-hydrogen) atoms. The summed E-state index contributed by atoms with van der Waals surface area (Å²) in [6.07, 6.45) is 7.17. The largest absolute Gasteiger partial charge is 0.390 e. The Morgan fingerprint density at radius 1 is 1.18 bits per heavy atom. The maximum absolute atomic E-state index is 12.6. The highest BCUT2D eigenvalue weighted by Gasteiger charge is 2.65. The molecule has 154 valence electrons. The maximum Gasteiger partial charge on any atom is 0.152 e. The van der Waals surface area contributed by atoms with Crippen LogP contribution >= 0.6 is 0 Å². The minimum Gasteiger partial charge on any atom is -0.390 e. The predicted molar refractivity (Wildman–Crippen MR) is 108 cm³/mol. The molecule has 5 nitrogen and oxygen atoms in total. The molecule has 2 N–H and O–H groups in total. The molecule has 5 aliphatic rings. The smallest absolute Gasteiger partial charge is 0.152 e. The van der Waals surface area contributed by atoms with Gasteiger partial charge in [-0.1, -0.05) is 25.6 Å². The van der Waals surface area contributed by atoms with E-state index >= 15 is 0 Å². The molecule has 5 rings (SSSR count). The monoisotopic (exact) mass is 386 g/mol. The molecular weight excluding hydrogens is 352 g/mol. The molecule has 4 saturated carbocycles. The van der Waals surface area contributed by atoms with Crippen LogP contribution in [-0.2, 0) is 9.63 Å². The third kappa shape index (κ3) is 2.38. The van der Waals surface area contributed by atoms with E-state index in [9.17, 15) is 9.90 Å². The summed E-state index contributed by atoms with van der Waals surface area (Å²) < 4.78 is 0. The molecule has 0 spiro atoms. The molecule has 1 saturated heterocycles. The lowest BCUT2D eigenvalue weighted by atomic mass is 9.43. The van der Waals surface area contributed by atoms with Crippen molar-refractivity contribution >= 4 is 11.5 Å². The number of carbonyl (C=O) groups is 1. The van der Waals surface area contributed by atoms with E-state index in [0.29, 0.717) is 30.0 Å². The molecule has 1 heterocycles. The molecule has 0 unspecified atom stereocenters. The molecule has 0 aromatic carbocycles. The average Bonchev–Trinajstić information content (AvgIpc) is 2.92. The van der Waals surface area contributed by atoms with Gasteiger partial charge in [0.15, 0.2) is 6.10 Å². The van der Waals surface area contributed by atoms with Crippen LogP contribution in [0, 0.1) is 28.6 Å². The Morgan fingerprint density at radius 3 is 2.68 bits per heavy atom. The van der Waals surface area contributed by atoms with Crippen LogP contribution < -0.4 is 5.32 Å². The molecular formula is C23H34N2O3. The van der Waals surface area contributed by atoms with E-state index in [2.05, 4.69) is 30.9 Å². The maximum atomic E-state index is 12.6. The Labute approximate surface area is 168 Å². The van der Waals surface area contributed by atoms with Crippen molar-refractivity contribution in [1.82, 2.24) is 5.32 Å². The Kier molecular flexibility index (Phi) is 4.13. The summed E-state index contributed by atoms with van der Waals surface area (Å²) in [7, 11) is 0. The van der Waals surface area contributed by atoms with Crippen molar-refractivity contribution in [3.05, 3.63) is 12.2 Å². The first-order valence-electron chi connectivity index (χ1n) is 11.1. The van der Waals surface area contributed by atoms with E-state index < -0.39 is 5.60 Å². The highest BCUT2D eigenvalue weighted by Crippen LogP contribution is 2.67. The van der Waals surface area contributed by atoms with Gasteiger partial charge in [-0.25, -0.2) is 0 Å². The lowest BCUT2D eigenvalue weighted by Crippen LogP contribution is -2.63. The van der Waals surface area contributed by atoms with Crippen LogP contribution in [0.5, 0.6) is 0 Å². The highest BCUT2D eigenvalue weighted by molar-refractivity contribution is 5.88. The number of hydrogen-bond donors (Lipinski definition) is 2. The zero-order chi connectivity index (χ0) is 19.7. The number of aliphatic hydroxyl groups is 1. The standard InChI is InChI=1S/C23H34N2O3/c1-14-10-17-18-4-5-20(26)21(18,2)8-7-19(17)22(3)9-6-15(11-23(14,22)27)25-28-16-12-24-13-16/h16-19,24,27H,1,4-13H2,2-3H3/t17-,18-,19-,21-,22+,23-/m0/s1. The average molecular weight is 387 g/mol. The highest BCUT2D eigenvalue weighted by atomic mass is 16.6. The fourth-order valence-electron chi connectivity index (χ4n) is 7.37. The molecule has 0 amide bonds. The summed E-state index contributed by atoms with van der Waals surface area (Å²) in [5.74, 6) is 1.87. The Balaban J connectivity index is 1.42. The van der Waals surface area contributed by atoms with Crippen molar-refractivity contribution in [2.24, 2.45) is 33.7 Å². The van der Waals surface area contributed by atoms with E-state index in [4.69, 9.17) is 4.84 Å². The topological polar surface area (TPSA) is 70.9 Å². The zero-order valence-corrected chi connectivity index (χ0v) is 17.3. The van der Waals surface area contributed by atoms with Gasteiger partial charge in [-0.2, -0.15) is 0 Å². The number of nitrogens with one attached hydrogen (secondary N) is 1. The van der Waals surface area contributed by atoms with E-state index in [1.54, 1.807) is 0 Å². The second kappa shape index (κ2) is 6.15. The molecule has 0 aromatic heterocycles. The summed E-state index contributed by atoms with van der Waals surface area (Å²) in [4.78, 5) is 18.3. The minimum absolute atomic E-state index is 0.140. The molecule has 5 fully saturated rings. The van der Waals surface area contributed by atoms with Crippen LogP contribution in [0.15, 0.2) is 17.3 Å². The van der Waals surface area contributed by atoms with Gasteiger partial charge >= 0.3 is 0 Å². The number of fused-ring (bicyclic) bond motifs is 5. The van der Waals surface area contributed by atoms with E-state index in [-0.39, 0.29) is 16.9 Å². The second-order valence-electron chi connectivity index (χ2n) is 10.6. The minimum atomic E-state index is -0.900. The van der Waals surface area contributed by atoms with Gasteiger partial charge in [-0.3, -0.25) is 4.79 Å². The van der Waals surface area contributed by atoms with Crippen molar-refractivity contribution < 1.29 is 14.7 Å². The fourth-order valence-corrected chi connectivity index (χ4v) is 7.37. The van der Waals surface area contributed by atoms with Gasteiger partial charge in [0, 0.05) is 36.8 Å². The number of carbonyl (C=O) groups excluding carboxylic acids is 1. The normalized spacial score (nSPS) is 50.0. The van der Waals surface area contributed by atoms with Crippen LogP contribution in [0.25, 0.3) is 0 Å². The van der Waals surface area contributed by atoms with Crippen LogP contribution in [0.4, 0.5) is 0 Å². The number of oxime groups is 1. The number of nitrogens with zero attached hydrogens (tertiary/aromatic N) is 1. The zero-order valence-electron chi connectivity index (χ0n) is 17.3. The summed E-state index contributed by atoms with van der Waals surface area (Å²) in [5, 5.41) is 19.5. The van der Waals surface area contributed by atoms with Gasteiger partial charge < -0.3 is 15.3 Å². The first-order valence-corrected chi connectivity index (χ1v) is 11.1. The van der Waals surface area contributed by atoms with Crippen molar-refractivity contribution in [3.8, 4) is 0 Å². The molecule has 6 atom stereocenters. The lowest BCUT2D eigenvalue weighted by Gasteiger charge is -2.63. The van der Waals surface area contributed by atoms with Gasteiger partial charge in [0.25, 0.3) is 0 Å². The summed E-state index contributed by atoms with van der Waals surface area (Å²) >= 11 is 0. The lowest BCUT2D eigenvalue weighted by molar-refractivity contribution is -0.161. The molecule has 1 aliphatic heterocycles. The van der Waals surface area contributed by atoms with Crippen LogP contribution in [0.2, 0.25) is 0 Å². The molecule has 4 aliphatic carbocycles. The number of hydrogen-bond acceptors (Lipinski definition) is 5. The van der Waals surface area contributed by atoms with Crippen molar-refractivity contribution in [1.29, 1.82) is 0 Å². The fraction of sp³-hybridized carbons (Fsp3) is 0.826. The summed E-state index contributed by atoms with van der Waals surface area (Å²) in [5.41, 5.74) is 0.708. The van der Waals surface area contributed by atoms with E-state index in [1.165, 1.54) is 0 Å². The Hall–Kier alpha value is -1.20. The van der Waals surface area contributed by atoms with Crippen molar-refractivity contribution in [3.63, 3.8) is 0 Å². The molecule has 5 heteroatoms.